The van der Waals surface area contributed by atoms with Crippen LogP contribution < -0.4 is 10.6 Å². The van der Waals surface area contributed by atoms with Crippen LogP contribution in [-0.2, 0) is 4.79 Å². The molecule has 0 aromatic rings. The first kappa shape index (κ1) is 15.5. The largest absolute Gasteiger partial charge is 0.353 e. The summed E-state index contributed by atoms with van der Waals surface area (Å²) in [6.45, 7) is 0. The van der Waals surface area contributed by atoms with E-state index < -0.39 is 0 Å². The molecule has 3 aliphatic rings. The van der Waals surface area contributed by atoms with Crippen molar-refractivity contribution in [1.82, 2.24) is 10.6 Å². The molecule has 2 unspecified atom stereocenters. The zero-order valence-electron chi connectivity index (χ0n) is 11.4. The first-order valence-electron chi connectivity index (χ1n) is 7.43. The Morgan fingerprint density at radius 2 is 1.74 bits per heavy atom. The van der Waals surface area contributed by atoms with Crippen LogP contribution in [0, 0.1) is 5.92 Å². The monoisotopic (exact) mass is 304 g/mol. The first-order valence-corrected chi connectivity index (χ1v) is 8.58. The lowest BCUT2D eigenvalue weighted by Gasteiger charge is -2.29. The van der Waals surface area contributed by atoms with Crippen molar-refractivity contribution >= 4 is 30.1 Å². The molecule has 3 rings (SSSR count). The molecular weight excluding hydrogens is 280 g/mol. The fraction of sp³-hybridized carbons (Fsp3) is 0.929. The van der Waals surface area contributed by atoms with Crippen molar-refractivity contribution in [1.29, 1.82) is 0 Å². The highest BCUT2D eigenvalue weighted by Gasteiger charge is 2.34. The first-order chi connectivity index (χ1) is 8.79. The highest BCUT2D eigenvalue weighted by atomic mass is 35.5. The number of carbonyl (C=O) groups is 1. The third-order valence-corrected chi connectivity index (χ3v) is 5.68. The summed E-state index contributed by atoms with van der Waals surface area (Å²) >= 11 is 2.01. The average Bonchev–Trinajstić information content (AvgIpc) is 2.70. The van der Waals surface area contributed by atoms with Gasteiger partial charge in [0.25, 0.3) is 0 Å². The normalized spacial score (nSPS) is 34.6. The van der Waals surface area contributed by atoms with E-state index in [4.69, 9.17) is 0 Å². The predicted octanol–water partition coefficient (Wildman–Crippen LogP) is 2.34. The Morgan fingerprint density at radius 3 is 2.37 bits per heavy atom. The molecular formula is C14H25ClN2OS. The van der Waals surface area contributed by atoms with Crippen molar-refractivity contribution in [3.05, 3.63) is 0 Å². The molecule has 2 atom stereocenters. The number of piperidine rings is 1. The van der Waals surface area contributed by atoms with E-state index in [1.165, 1.54) is 37.2 Å². The Labute approximate surface area is 126 Å². The Morgan fingerprint density at radius 1 is 1.11 bits per heavy atom. The van der Waals surface area contributed by atoms with Crippen molar-refractivity contribution < 1.29 is 4.79 Å². The van der Waals surface area contributed by atoms with E-state index in [1.54, 1.807) is 0 Å². The SMILES string of the molecule is Cl.O=C(CC1CC2CCC(C1)N2)NC1CCSCC1. The molecule has 0 radical (unpaired) electrons. The Bertz CT molecular complexity index is 298. The van der Waals surface area contributed by atoms with Crippen molar-refractivity contribution in [2.75, 3.05) is 11.5 Å². The summed E-state index contributed by atoms with van der Waals surface area (Å²) < 4.78 is 0. The predicted molar refractivity (Wildman–Crippen MR) is 83.0 cm³/mol. The van der Waals surface area contributed by atoms with E-state index in [-0.39, 0.29) is 12.4 Å². The Kier molecular flexibility index (Phi) is 5.85. The summed E-state index contributed by atoms with van der Waals surface area (Å²) in [5.74, 6) is 3.35. The van der Waals surface area contributed by atoms with Crippen LogP contribution in [0.4, 0.5) is 0 Å². The second kappa shape index (κ2) is 7.19. The summed E-state index contributed by atoms with van der Waals surface area (Å²) in [4.78, 5) is 12.1. The van der Waals surface area contributed by atoms with E-state index in [1.807, 2.05) is 11.8 Å². The smallest absolute Gasteiger partial charge is 0.220 e. The summed E-state index contributed by atoms with van der Waals surface area (Å²) in [6.07, 6.45) is 8.15. The van der Waals surface area contributed by atoms with Crippen molar-refractivity contribution in [2.24, 2.45) is 5.92 Å². The summed E-state index contributed by atoms with van der Waals surface area (Å²) in [7, 11) is 0. The minimum absolute atomic E-state index is 0. The lowest BCUT2D eigenvalue weighted by molar-refractivity contribution is -0.123. The number of hydrogen-bond acceptors (Lipinski definition) is 3. The van der Waals surface area contributed by atoms with Gasteiger partial charge in [0.2, 0.25) is 5.91 Å². The number of hydrogen-bond donors (Lipinski definition) is 2. The zero-order chi connectivity index (χ0) is 12.4. The molecule has 3 fully saturated rings. The fourth-order valence-corrected chi connectivity index (χ4v) is 4.84. The van der Waals surface area contributed by atoms with Crippen LogP contribution in [0.3, 0.4) is 0 Å². The van der Waals surface area contributed by atoms with Crippen LogP contribution in [0.25, 0.3) is 0 Å². The molecule has 0 spiro atoms. The second-order valence-corrected chi connectivity index (χ2v) is 7.36. The quantitative estimate of drug-likeness (QED) is 0.841. The Balaban J connectivity index is 0.00000133. The van der Waals surface area contributed by atoms with Gasteiger partial charge in [0.15, 0.2) is 0 Å². The summed E-state index contributed by atoms with van der Waals surface area (Å²) in [5.41, 5.74) is 0. The van der Waals surface area contributed by atoms with Gasteiger partial charge in [-0.15, -0.1) is 12.4 Å². The maximum Gasteiger partial charge on any atom is 0.220 e. The number of fused-ring (bicyclic) bond motifs is 2. The van der Waals surface area contributed by atoms with E-state index in [0.717, 1.165) is 19.3 Å². The topological polar surface area (TPSA) is 41.1 Å². The van der Waals surface area contributed by atoms with Crippen LogP contribution >= 0.6 is 24.2 Å². The molecule has 0 aromatic heterocycles. The highest BCUT2D eigenvalue weighted by Crippen LogP contribution is 2.32. The lowest BCUT2D eigenvalue weighted by Crippen LogP contribution is -2.42. The maximum atomic E-state index is 12.1. The van der Waals surface area contributed by atoms with Gasteiger partial charge in [-0.1, -0.05) is 0 Å². The Hall–Kier alpha value is 0.0700. The van der Waals surface area contributed by atoms with Gasteiger partial charge in [-0.3, -0.25) is 4.79 Å². The van der Waals surface area contributed by atoms with E-state index in [0.29, 0.717) is 30.0 Å². The summed E-state index contributed by atoms with van der Waals surface area (Å²) in [6, 6.07) is 1.86. The standard InChI is InChI=1S/C14H24N2OS.ClH/c17-14(16-11-3-5-18-6-4-11)9-10-7-12-1-2-13(8-10)15-12;/h10-13,15H,1-9H2,(H,16,17);1H. The van der Waals surface area contributed by atoms with Crippen LogP contribution in [0.15, 0.2) is 0 Å². The van der Waals surface area contributed by atoms with Crippen molar-refractivity contribution in [3.63, 3.8) is 0 Å². The maximum absolute atomic E-state index is 12.1. The third kappa shape index (κ3) is 4.27. The highest BCUT2D eigenvalue weighted by molar-refractivity contribution is 7.99. The van der Waals surface area contributed by atoms with Crippen molar-refractivity contribution in [3.8, 4) is 0 Å². The molecule has 3 aliphatic heterocycles. The second-order valence-electron chi connectivity index (χ2n) is 6.13. The molecule has 3 heterocycles. The molecule has 110 valence electrons. The zero-order valence-corrected chi connectivity index (χ0v) is 13.0. The van der Waals surface area contributed by atoms with E-state index >= 15 is 0 Å². The minimum Gasteiger partial charge on any atom is -0.353 e. The average molecular weight is 305 g/mol. The number of nitrogens with one attached hydrogen (secondary N) is 2. The van der Waals surface area contributed by atoms with Crippen molar-refractivity contribution in [2.45, 2.75) is 63.1 Å². The van der Waals surface area contributed by atoms with E-state index in [2.05, 4.69) is 10.6 Å². The van der Waals surface area contributed by atoms with E-state index in [9.17, 15) is 4.79 Å². The molecule has 0 aromatic carbocycles. The van der Waals surface area contributed by atoms with Gasteiger partial charge in [0.1, 0.15) is 0 Å². The molecule has 2 bridgehead atoms. The molecule has 3 nitrogen and oxygen atoms in total. The van der Waals surface area contributed by atoms with Gasteiger partial charge in [0.05, 0.1) is 0 Å². The van der Waals surface area contributed by atoms with Gasteiger partial charge in [-0.05, 0) is 55.9 Å². The molecule has 5 heteroatoms. The molecule has 19 heavy (non-hydrogen) atoms. The molecule has 0 aliphatic carbocycles. The fourth-order valence-electron chi connectivity index (χ4n) is 3.73. The van der Waals surface area contributed by atoms with Gasteiger partial charge >= 0.3 is 0 Å². The third-order valence-electron chi connectivity index (χ3n) is 4.63. The minimum atomic E-state index is 0. The van der Waals surface area contributed by atoms with Crippen LogP contribution in [0.2, 0.25) is 0 Å². The van der Waals surface area contributed by atoms with Gasteiger partial charge in [0, 0.05) is 24.5 Å². The van der Waals surface area contributed by atoms with Gasteiger partial charge in [-0.25, -0.2) is 0 Å². The van der Waals surface area contributed by atoms with Crippen LogP contribution in [0.5, 0.6) is 0 Å². The number of amides is 1. The number of rotatable bonds is 3. The molecule has 0 saturated carbocycles. The lowest BCUT2D eigenvalue weighted by atomic mass is 9.89. The molecule has 2 N–H and O–H groups in total. The van der Waals surface area contributed by atoms with Gasteiger partial charge in [-0.2, -0.15) is 11.8 Å². The summed E-state index contributed by atoms with van der Waals surface area (Å²) in [5, 5.41) is 6.88. The number of thioether (sulfide) groups is 1. The molecule has 1 amide bonds. The van der Waals surface area contributed by atoms with Crippen LogP contribution in [-0.4, -0.2) is 35.5 Å². The van der Waals surface area contributed by atoms with Gasteiger partial charge < -0.3 is 10.6 Å². The van der Waals surface area contributed by atoms with Crippen LogP contribution in [0.1, 0.15) is 44.9 Å². The number of carbonyl (C=O) groups excluding carboxylic acids is 1. The molecule has 3 saturated heterocycles. The number of halogens is 1.